The second kappa shape index (κ2) is 4.73. The first-order valence-corrected chi connectivity index (χ1v) is 5.23. The standard InChI is InChI=1S/C11H6BrN3O/c12-8-2-1-3-10(4-8)16-11-7-14-9(5-13)6-15-11/h1-4,6-7H. The molecule has 5 heteroatoms. The first kappa shape index (κ1) is 10.6. The highest BCUT2D eigenvalue weighted by atomic mass is 79.9. The minimum Gasteiger partial charge on any atom is -0.437 e. The summed E-state index contributed by atoms with van der Waals surface area (Å²) in [5.74, 6) is 1.02. The van der Waals surface area contributed by atoms with Crippen LogP contribution < -0.4 is 4.74 Å². The topological polar surface area (TPSA) is 58.8 Å². The van der Waals surface area contributed by atoms with E-state index in [4.69, 9.17) is 10.00 Å². The zero-order valence-electron chi connectivity index (χ0n) is 8.09. The molecule has 0 spiro atoms. The Morgan fingerprint density at radius 1 is 1.25 bits per heavy atom. The van der Waals surface area contributed by atoms with Crippen LogP contribution in [0, 0.1) is 11.3 Å². The normalized spacial score (nSPS) is 9.50. The van der Waals surface area contributed by atoms with Crippen LogP contribution in [0.2, 0.25) is 0 Å². The van der Waals surface area contributed by atoms with Crippen LogP contribution in [0.3, 0.4) is 0 Å². The molecule has 1 aromatic carbocycles. The van der Waals surface area contributed by atoms with Crippen molar-refractivity contribution in [3.63, 3.8) is 0 Å². The number of ether oxygens (including phenoxy) is 1. The van der Waals surface area contributed by atoms with Crippen LogP contribution in [0.15, 0.2) is 41.1 Å². The third-order valence-electron chi connectivity index (χ3n) is 1.76. The highest BCUT2D eigenvalue weighted by molar-refractivity contribution is 9.10. The average molecular weight is 276 g/mol. The van der Waals surface area contributed by atoms with E-state index in [2.05, 4.69) is 25.9 Å². The lowest BCUT2D eigenvalue weighted by atomic mass is 10.3. The summed E-state index contributed by atoms with van der Waals surface area (Å²) in [6, 6.07) is 9.28. The Hall–Kier alpha value is -1.93. The van der Waals surface area contributed by atoms with Crippen molar-refractivity contribution in [3.8, 4) is 17.7 Å². The number of benzene rings is 1. The number of halogens is 1. The molecule has 0 radical (unpaired) electrons. The van der Waals surface area contributed by atoms with Gasteiger partial charge in [-0.3, -0.25) is 0 Å². The molecule has 0 amide bonds. The number of nitriles is 1. The third kappa shape index (κ3) is 2.55. The number of nitrogens with zero attached hydrogens (tertiary/aromatic N) is 3. The minimum atomic E-state index is 0.265. The number of hydrogen-bond donors (Lipinski definition) is 0. The second-order valence-electron chi connectivity index (χ2n) is 2.91. The number of aromatic nitrogens is 2. The Morgan fingerprint density at radius 3 is 2.75 bits per heavy atom. The van der Waals surface area contributed by atoms with Gasteiger partial charge in [-0.2, -0.15) is 5.26 Å². The molecule has 0 saturated carbocycles. The lowest BCUT2D eigenvalue weighted by Crippen LogP contribution is -1.90. The van der Waals surface area contributed by atoms with Gasteiger partial charge < -0.3 is 4.74 Å². The van der Waals surface area contributed by atoms with Crippen LogP contribution in [0.4, 0.5) is 0 Å². The minimum absolute atomic E-state index is 0.265. The first-order valence-electron chi connectivity index (χ1n) is 4.43. The van der Waals surface area contributed by atoms with E-state index in [1.807, 2.05) is 30.3 Å². The predicted molar refractivity (Wildman–Crippen MR) is 61.0 cm³/mol. The van der Waals surface area contributed by atoms with Gasteiger partial charge in [0.05, 0.1) is 12.4 Å². The second-order valence-corrected chi connectivity index (χ2v) is 3.83. The maximum Gasteiger partial charge on any atom is 0.237 e. The summed E-state index contributed by atoms with van der Waals surface area (Å²) < 4.78 is 6.37. The summed E-state index contributed by atoms with van der Waals surface area (Å²) in [6.45, 7) is 0. The quantitative estimate of drug-likeness (QED) is 0.846. The Bertz CT molecular complexity index is 534. The number of hydrogen-bond acceptors (Lipinski definition) is 4. The molecule has 0 N–H and O–H groups in total. The molecule has 1 aromatic heterocycles. The van der Waals surface area contributed by atoms with Crippen molar-refractivity contribution in [3.05, 3.63) is 46.8 Å². The van der Waals surface area contributed by atoms with Crippen LogP contribution in [-0.2, 0) is 0 Å². The van der Waals surface area contributed by atoms with Gasteiger partial charge in [0.2, 0.25) is 5.88 Å². The van der Waals surface area contributed by atoms with E-state index < -0.39 is 0 Å². The van der Waals surface area contributed by atoms with Gasteiger partial charge in [0.15, 0.2) is 5.69 Å². The molecule has 0 aliphatic rings. The van der Waals surface area contributed by atoms with Crippen LogP contribution in [0.25, 0.3) is 0 Å². The molecule has 0 aliphatic carbocycles. The Kier molecular flexibility index (Phi) is 3.13. The van der Waals surface area contributed by atoms with Gasteiger partial charge in [-0.05, 0) is 18.2 Å². The molecule has 4 nitrogen and oxygen atoms in total. The van der Waals surface area contributed by atoms with E-state index >= 15 is 0 Å². The molecule has 2 rings (SSSR count). The molecule has 78 valence electrons. The number of rotatable bonds is 2. The van der Waals surface area contributed by atoms with E-state index in [-0.39, 0.29) is 5.69 Å². The molecule has 2 aromatic rings. The molecule has 0 bridgehead atoms. The Labute approximate surface area is 101 Å². The molecule has 0 saturated heterocycles. The van der Waals surface area contributed by atoms with Crippen molar-refractivity contribution in [2.24, 2.45) is 0 Å². The van der Waals surface area contributed by atoms with Crippen molar-refractivity contribution in [1.82, 2.24) is 9.97 Å². The summed E-state index contributed by atoms with van der Waals surface area (Å²) in [7, 11) is 0. The Morgan fingerprint density at radius 2 is 2.12 bits per heavy atom. The van der Waals surface area contributed by atoms with Gasteiger partial charge in [0.25, 0.3) is 0 Å². The summed E-state index contributed by atoms with van der Waals surface area (Å²) in [5, 5.41) is 8.56. The highest BCUT2D eigenvalue weighted by Gasteiger charge is 2.00. The van der Waals surface area contributed by atoms with E-state index in [1.165, 1.54) is 12.4 Å². The lowest BCUT2D eigenvalue weighted by molar-refractivity contribution is 0.459. The van der Waals surface area contributed by atoms with E-state index in [1.54, 1.807) is 0 Å². The monoisotopic (exact) mass is 275 g/mol. The lowest BCUT2D eigenvalue weighted by Gasteiger charge is -2.03. The summed E-state index contributed by atoms with van der Waals surface area (Å²) in [6.07, 6.45) is 2.78. The fraction of sp³-hybridized carbons (Fsp3) is 0. The zero-order chi connectivity index (χ0) is 11.4. The predicted octanol–water partition coefficient (Wildman–Crippen LogP) is 2.90. The maximum atomic E-state index is 8.56. The summed E-state index contributed by atoms with van der Waals surface area (Å²) in [4.78, 5) is 7.81. The Balaban J connectivity index is 2.18. The highest BCUT2D eigenvalue weighted by Crippen LogP contribution is 2.22. The van der Waals surface area contributed by atoms with Gasteiger partial charge in [-0.25, -0.2) is 9.97 Å². The molecular formula is C11H6BrN3O. The van der Waals surface area contributed by atoms with Crippen molar-refractivity contribution < 1.29 is 4.74 Å². The van der Waals surface area contributed by atoms with Gasteiger partial charge in [-0.1, -0.05) is 22.0 Å². The largest absolute Gasteiger partial charge is 0.437 e. The van der Waals surface area contributed by atoms with Gasteiger partial charge >= 0.3 is 0 Å². The molecular weight excluding hydrogens is 270 g/mol. The smallest absolute Gasteiger partial charge is 0.237 e. The molecule has 0 unspecified atom stereocenters. The van der Waals surface area contributed by atoms with Crippen LogP contribution >= 0.6 is 15.9 Å². The zero-order valence-corrected chi connectivity index (χ0v) is 9.68. The van der Waals surface area contributed by atoms with Crippen LogP contribution in [0.5, 0.6) is 11.6 Å². The molecule has 0 aliphatic heterocycles. The summed E-state index contributed by atoms with van der Waals surface area (Å²) >= 11 is 3.34. The van der Waals surface area contributed by atoms with Gasteiger partial charge in [0, 0.05) is 4.47 Å². The van der Waals surface area contributed by atoms with Gasteiger partial charge in [0.1, 0.15) is 11.8 Å². The van der Waals surface area contributed by atoms with E-state index in [0.717, 1.165) is 4.47 Å². The average Bonchev–Trinajstić information content (AvgIpc) is 2.30. The van der Waals surface area contributed by atoms with Crippen LogP contribution in [0.1, 0.15) is 5.69 Å². The van der Waals surface area contributed by atoms with Crippen molar-refractivity contribution >= 4 is 15.9 Å². The maximum absolute atomic E-state index is 8.56. The molecule has 16 heavy (non-hydrogen) atoms. The SMILES string of the molecule is N#Cc1cnc(Oc2cccc(Br)c2)cn1. The first-order chi connectivity index (χ1) is 7.78. The molecule has 0 fully saturated rings. The fourth-order valence-corrected chi connectivity index (χ4v) is 1.46. The molecule has 0 atom stereocenters. The van der Waals surface area contributed by atoms with Gasteiger partial charge in [-0.15, -0.1) is 0 Å². The van der Waals surface area contributed by atoms with E-state index in [0.29, 0.717) is 11.6 Å². The summed E-state index contributed by atoms with van der Waals surface area (Å²) in [5.41, 5.74) is 0.265. The third-order valence-corrected chi connectivity index (χ3v) is 2.25. The van der Waals surface area contributed by atoms with Crippen LogP contribution in [-0.4, -0.2) is 9.97 Å². The fourth-order valence-electron chi connectivity index (χ4n) is 1.08. The van der Waals surface area contributed by atoms with Crippen molar-refractivity contribution in [1.29, 1.82) is 5.26 Å². The molecule has 1 heterocycles. The van der Waals surface area contributed by atoms with E-state index in [9.17, 15) is 0 Å². The van der Waals surface area contributed by atoms with Crippen molar-refractivity contribution in [2.75, 3.05) is 0 Å². The van der Waals surface area contributed by atoms with Crippen molar-refractivity contribution in [2.45, 2.75) is 0 Å².